The molecule has 0 aromatic heterocycles. The molecule has 6 nitrogen and oxygen atoms in total. The zero-order chi connectivity index (χ0) is 24.5. The summed E-state index contributed by atoms with van der Waals surface area (Å²) in [6.07, 6.45) is 2.16. The van der Waals surface area contributed by atoms with E-state index in [2.05, 4.69) is 5.32 Å². The molecule has 6 heteroatoms. The van der Waals surface area contributed by atoms with E-state index in [1.165, 1.54) is 0 Å². The molecular formula is C29H32N2O4. The molecule has 0 radical (unpaired) electrons. The quantitative estimate of drug-likeness (QED) is 0.478. The summed E-state index contributed by atoms with van der Waals surface area (Å²) in [7, 11) is 1.62. The Hall–Kier alpha value is -3.64. The second kappa shape index (κ2) is 12.2. The van der Waals surface area contributed by atoms with E-state index < -0.39 is 6.04 Å². The number of nitrogens with one attached hydrogen (secondary N) is 1. The van der Waals surface area contributed by atoms with Crippen LogP contribution in [0.2, 0.25) is 0 Å². The Labute approximate surface area is 206 Å². The van der Waals surface area contributed by atoms with Gasteiger partial charge in [0.1, 0.15) is 11.8 Å². The number of benzene rings is 3. The largest absolute Gasteiger partial charge is 0.497 e. The fourth-order valence-electron chi connectivity index (χ4n) is 4.35. The second-order valence-electron chi connectivity index (χ2n) is 8.73. The topological polar surface area (TPSA) is 67.9 Å². The SMILES string of the molecule is COc1ccc(CN(C(=O)Cc2ccccc2)[C@@H](C(=O)NC[C@@H]2CCCO2)c2ccccc2)cc1. The first kappa shape index (κ1) is 24.5. The van der Waals surface area contributed by atoms with Crippen LogP contribution in [0.5, 0.6) is 5.75 Å². The van der Waals surface area contributed by atoms with Crippen molar-refractivity contribution >= 4 is 11.8 Å². The maximum absolute atomic E-state index is 13.7. The number of rotatable bonds is 10. The molecule has 1 fully saturated rings. The monoisotopic (exact) mass is 472 g/mol. The Balaban J connectivity index is 1.64. The van der Waals surface area contributed by atoms with Gasteiger partial charge in [-0.2, -0.15) is 0 Å². The maximum atomic E-state index is 13.7. The normalized spacial score (nSPS) is 15.9. The van der Waals surface area contributed by atoms with Crippen molar-refractivity contribution in [2.24, 2.45) is 0 Å². The smallest absolute Gasteiger partial charge is 0.247 e. The highest BCUT2D eigenvalue weighted by atomic mass is 16.5. The van der Waals surface area contributed by atoms with Gasteiger partial charge in [0.15, 0.2) is 0 Å². The van der Waals surface area contributed by atoms with Crippen molar-refractivity contribution in [1.82, 2.24) is 10.2 Å². The molecule has 35 heavy (non-hydrogen) atoms. The highest BCUT2D eigenvalue weighted by molar-refractivity contribution is 5.89. The van der Waals surface area contributed by atoms with Gasteiger partial charge in [-0.15, -0.1) is 0 Å². The van der Waals surface area contributed by atoms with E-state index >= 15 is 0 Å². The van der Waals surface area contributed by atoms with E-state index in [4.69, 9.17) is 9.47 Å². The second-order valence-corrected chi connectivity index (χ2v) is 8.73. The van der Waals surface area contributed by atoms with Crippen molar-refractivity contribution in [3.8, 4) is 5.75 Å². The van der Waals surface area contributed by atoms with Gasteiger partial charge >= 0.3 is 0 Å². The number of methoxy groups -OCH3 is 1. The molecule has 4 rings (SSSR count). The number of carbonyl (C=O) groups excluding carboxylic acids is 2. The van der Waals surface area contributed by atoms with E-state index in [1.54, 1.807) is 12.0 Å². The van der Waals surface area contributed by atoms with Gasteiger partial charge in [-0.25, -0.2) is 0 Å². The van der Waals surface area contributed by atoms with Gasteiger partial charge in [-0.3, -0.25) is 9.59 Å². The molecule has 1 N–H and O–H groups in total. The number of amides is 2. The Bertz CT molecular complexity index is 1080. The first-order valence-corrected chi connectivity index (χ1v) is 12.0. The van der Waals surface area contributed by atoms with E-state index in [1.807, 2.05) is 84.9 Å². The highest BCUT2D eigenvalue weighted by Gasteiger charge is 2.32. The Kier molecular flexibility index (Phi) is 8.52. The first-order chi connectivity index (χ1) is 17.1. The summed E-state index contributed by atoms with van der Waals surface area (Å²) in [6, 6.07) is 25.9. The van der Waals surface area contributed by atoms with Crippen LogP contribution in [-0.4, -0.2) is 43.1 Å². The maximum Gasteiger partial charge on any atom is 0.247 e. The molecule has 0 aliphatic carbocycles. The van der Waals surface area contributed by atoms with Crippen LogP contribution in [0.15, 0.2) is 84.9 Å². The molecule has 1 aliphatic rings. The molecule has 0 saturated carbocycles. The molecule has 1 aliphatic heterocycles. The zero-order valence-electron chi connectivity index (χ0n) is 20.1. The van der Waals surface area contributed by atoms with Crippen LogP contribution < -0.4 is 10.1 Å². The third-order valence-corrected chi connectivity index (χ3v) is 6.23. The van der Waals surface area contributed by atoms with E-state index in [-0.39, 0.29) is 24.3 Å². The summed E-state index contributed by atoms with van der Waals surface area (Å²) in [6.45, 7) is 1.45. The van der Waals surface area contributed by atoms with Crippen LogP contribution in [0.3, 0.4) is 0 Å². The molecule has 0 bridgehead atoms. The molecule has 2 atom stereocenters. The van der Waals surface area contributed by atoms with Crippen molar-refractivity contribution in [3.63, 3.8) is 0 Å². The van der Waals surface area contributed by atoms with Gasteiger partial charge in [-0.1, -0.05) is 72.8 Å². The van der Waals surface area contributed by atoms with E-state index in [0.717, 1.165) is 41.9 Å². The summed E-state index contributed by atoms with van der Waals surface area (Å²) in [5.74, 6) is 0.416. The fourth-order valence-corrected chi connectivity index (χ4v) is 4.35. The van der Waals surface area contributed by atoms with Gasteiger partial charge in [0.05, 0.1) is 19.6 Å². The van der Waals surface area contributed by atoms with Gasteiger partial charge in [0, 0.05) is 19.7 Å². The van der Waals surface area contributed by atoms with Crippen LogP contribution >= 0.6 is 0 Å². The van der Waals surface area contributed by atoms with Gasteiger partial charge in [0.2, 0.25) is 11.8 Å². The molecule has 2 amide bonds. The minimum atomic E-state index is -0.768. The van der Waals surface area contributed by atoms with Crippen LogP contribution in [-0.2, 0) is 27.3 Å². The lowest BCUT2D eigenvalue weighted by Crippen LogP contribution is -2.45. The zero-order valence-corrected chi connectivity index (χ0v) is 20.1. The summed E-state index contributed by atoms with van der Waals surface area (Å²) in [4.78, 5) is 29.0. The number of ether oxygens (including phenoxy) is 2. The molecule has 1 heterocycles. The molecule has 3 aromatic rings. The van der Waals surface area contributed by atoms with Crippen LogP contribution in [0.25, 0.3) is 0 Å². The lowest BCUT2D eigenvalue weighted by Gasteiger charge is -2.32. The Morgan fingerprint density at radius 2 is 1.66 bits per heavy atom. The standard InChI is InChI=1S/C29H32N2O4/c1-34-25-16-14-23(15-17-25)21-31(27(32)19-22-9-4-2-5-10-22)28(24-11-6-3-7-12-24)29(33)30-20-26-13-8-18-35-26/h2-7,9-12,14-17,26,28H,8,13,18-21H2,1H3,(H,30,33)/t26-,28+/m0/s1. The van der Waals surface area contributed by atoms with Crippen molar-refractivity contribution in [2.75, 3.05) is 20.3 Å². The predicted octanol–water partition coefficient (Wildman–Crippen LogP) is 4.30. The lowest BCUT2D eigenvalue weighted by atomic mass is 10.0. The van der Waals surface area contributed by atoms with E-state index in [9.17, 15) is 9.59 Å². The number of hydrogen-bond donors (Lipinski definition) is 1. The summed E-state index contributed by atoms with van der Waals surface area (Å²) in [5.41, 5.74) is 2.59. The Morgan fingerprint density at radius 1 is 0.971 bits per heavy atom. The van der Waals surface area contributed by atoms with E-state index in [0.29, 0.717) is 13.1 Å². The number of nitrogens with zero attached hydrogens (tertiary/aromatic N) is 1. The molecule has 3 aromatic carbocycles. The highest BCUT2D eigenvalue weighted by Crippen LogP contribution is 2.26. The van der Waals surface area contributed by atoms with Crippen molar-refractivity contribution in [1.29, 1.82) is 0 Å². The molecule has 0 unspecified atom stereocenters. The number of carbonyl (C=O) groups is 2. The van der Waals surface area contributed by atoms with Crippen LogP contribution in [0, 0.1) is 0 Å². The van der Waals surface area contributed by atoms with Crippen molar-refractivity contribution < 1.29 is 19.1 Å². The van der Waals surface area contributed by atoms with Crippen LogP contribution in [0.4, 0.5) is 0 Å². The third-order valence-electron chi connectivity index (χ3n) is 6.23. The van der Waals surface area contributed by atoms with Gasteiger partial charge in [-0.05, 0) is 41.7 Å². The summed E-state index contributed by atoms with van der Waals surface area (Å²) >= 11 is 0. The average molecular weight is 473 g/mol. The third kappa shape index (κ3) is 6.70. The molecule has 1 saturated heterocycles. The summed E-state index contributed by atoms with van der Waals surface area (Å²) < 4.78 is 11.0. The molecule has 182 valence electrons. The van der Waals surface area contributed by atoms with Gasteiger partial charge < -0.3 is 19.7 Å². The Morgan fingerprint density at radius 3 is 2.29 bits per heavy atom. The first-order valence-electron chi connectivity index (χ1n) is 12.0. The van der Waals surface area contributed by atoms with Crippen LogP contribution in [0.1, 0.15) is 35.6 Å². The van der Waals surface area contributed by atoms with Crippen molar-refractivity contribution in [2.45, 2.75) is 38.0 Å². The van der Waals surface area contributed by atoms with Crippen molar-refractivity contribution in [3.05, 3.63) is 102 Å². The number of hydrogen-bond acceptors (Lipinski definition) is 4. The summed E-state index contributed by atoms with van der Waals surface area (Å²) in [5, 5.41) is 3.05. The average Bonchev–Trinajstić information content (AvgIpc) is 3.42. The minimum Gasteiger partial charge on any atom is -0.497 e. The molecular weight excluding hydrogens is 440 g/mol. The van der Waals surface area contributed by atoms with Gasteiger partial charge in [0.25, 0.3) is 0 Å². The lowest BCUT2D eigenvalue weighted by molar-refractivity contribution is -0.141. The minimum absolute atomic E-state index is 0.0189. The molecule has 0 spiro atoms. The fraction of sp³-hybridized carbons (Fsp3) is 0.310. The predicted molar refractivity (Wildman–Crippen MR) is 135 cm³/mol.